The molecule has 6 heteroatoms. The van der Waals surface area contributed by atoms with E-state index in [0.29, 0.717) is 5.92 Å². The molecule has 2 atom stereocenters. The van der Waals surface area contributed by atoms with Crippen molar-refractivity contribution in [3.8, 4) is 0 Å². The highest BCUT2D eigenvalue weighted by Crippen LogP contribution is 2.23. The minimum absolute atomic E-state index is 0.185. The van der Waals surface area contributed by atoms with Gasteiger partial charge in [0.1, 0.15) is 0 Å². The third kappa shape index (κ3) is 3.26. The summed E-state index contributed by atoms with van der Waals surface area (Å²) in [5, 5.41) is 0. The summed E-state index contributed by atoms with van der Waals surface area (Å²) >= 11 is 0. The number of rotatable bonds is 3. The first-order chi connectivity index (χ1) is 8.92. The van der Waals surface area contributed by atoms with E-state index in [1.807, 2.05) is 12.1 Å². The van der Waals surface area contributed by atoms with E-state index in [2.05, 4.69) is 16.5 Å². The van der Waals surface area contributed by atoms with Crippen molar-refractivity contribution in [3.05, 3.63) is 24.3 Å². The van der Waals surface area contributed by atoms with Gasteiger partial charge in [-0.25, -0.2) is 13.1 Å². The van der Waals surface area contributed by atoms with E-state index < -0.39 is 10.0 Å². The Morgan fingerprint density at radius 3 is 2.42 bits per heavy atom. The summed E-state index contributed by atoms with van der Waals surface area (Å²) in [7, 11) is -1.95. The molecule has 1 saturated heterocycles. The van der Waals surface area contributed by atoms with Crippen LogP contribution in [0, 0.1) is 5.92 Å². The molecule has 1 fully saturated rings. The number of nitrogens with two attached hydrogens (primary N) is 1. The van der Waals surface area contributed by atoms with Crippen molar-refractivity contribution in [2.45, 2.75) is 24.3 Å². The molecule has 1 aliphatic rings. The lowest BCUT2D eigenvalue weighted by molar-refractivity contribution is 0.401. The van der Waals surface area contributed by atoms with Gasteiger partial charge in [-0.1, -0.05) is 6.92 Å². The second-order valence-corrected chi connectivity index (χ2v) is 7.09. The van der Waals surface area contributed by atoms with Crippen LogP contribution in [0.4, 0.5) is 5.69 Å². The molecule has 2 unspecified atom stereocenters. The van der Waals surface area contributed by atoms with E-state index in [-0.39, 0.29) is 10.9 Å². The molecule has 0 saturated carbocycles. The predicted molar refractivity (Wildman–Crippen MR) is 76.7 cm³/mol. The maximum Gasteiger partial charge on any atom is 0.240 e. The van der Waals surface area contributed by atoms with Crippen LogP contribution in [0.2, 0.25) is 0 Å². The van der Waals surface area contributed by atoms with Gasteiger partial charge in [-0.05, 0) is 43.7 Å². The monoisotopic (exact) mass is 283 g/mol. The molecule has 0 aromatic heterocycles. The molecular formula is C13H21N3O2S. The minimum atomic E-state index is -3.36. The van der Waals surface area contributed by atoms with Gasteiger partial charge in [0, 0.05) is 24.8 Å². The molecule has 1 aromatic carbocycles. The van der Waals surface area contributed by atoms with Crippen LogP contribution in [0.5, 0.6) is 0 Å². The number of hydrogen-bond acceptors (Lipinski definition) is 4. The Morgan fingerprint density at radius 2 is 1.89 bits per heavy atom. The molecule has 106 valence electrons. The van der Waals surface area contributed by atoms with Gasteiger partial charge < -0.3 is 10.6 Å². The number of sulfonamides is 1. The molecule has 0 spiro atoms. The molecule has 0 aliphatic carbocycles. The third-order valence-corrected chi connectivity index (χ3v) is 4.90. The fourth-order valence-corrected chi connectivity index (χ4v) is 3.29. The highest BCUT2D eigenvalue weighted by molar-refractivity contribution is 7.89. The number of benzene rings is 1. The SMILES string of the molecule is CNS(=O)(=O)c1ccc(N2CC(C)CC(N)C2)cc1. The van der Waals surface area contributed by atoms with Gasteiger partial charge in [0.05, 0.1) is 4.90 Å². The van der Waals surface area contributed by atoms with Crippen molar-refractivity contribution >= 4 is 15.7 Å². The average molecular weight is 283 g/mol. The van der Waals surface area contributed by atoms with Crippen molar-refractivity contribution in [1.29, 1.82) is 0 Å². The average Bonchev–Trinajstić information content (AvgIpc) is 2.38. The van der Waals surface area contributed by atoms with E-state index in [4.69, 9.17) is 5.73 Å². The lowest BCUT2D eigenvalue weighted by Crippen LogP contribution is -2.46. The van der Waals surface area contributed by atoms with Crippen LogP contribution in [-0.2, 0) is 10.0 Å². The van der Waals surface area contributed by atoms with Crippen LogP contribution in [-0.4, -0.2) is 34.6 Å². The molecule has 1 aromatic rings. The zero-order chi connectivity index (χ0) is 14.0. The largest absolute Gasteiger partial charge is 0.370 e. The Kier molecular flexibility index (Phi) is 4.13. The molecule has 1 heterocycles. The summed E-state index contributed by atoms with van der Waals surface area (Å²) in [4.78, 5) is 2.50. The molecule has 0 amide bonds. The van der Waals surface area contributed by atoms with Crippen LogP contribution in [0.3, 0.4) is 0 Å². The first kappa shape index (κ1) is 14.3. The Hall–Kier alpha value is -1.11. The summed E-state index contributed by atoms with van der Waals surface area (Å²) < 4.78 is 25.6. The van der Waals surface area contributed by atoms with Gasteiger partial charge in [-0.3, -0.25) is 0 Å². The van der Waals surface area contributed by atoms with Crippen molar-refractivity contribution in [3.63, 3.8) is 0 Å². The number of nitrogens with zero attached hydrogens (tertiary/aromatic N) is 1. The smallest absolute Gasteiger partial charge is 0.240 e. The fourth-order valence-electron chi connectivity index (χ4n) is 2.56. The van der Waals surface area contributed by atoms with Gasteiger partial charge >= 0.3 is 0 Å². The van der Waals surface area contributed by atoms with Gasteiger partial charge in [-0.15, -0.1) is 0 Å². The Labute approximate surface area is 114 Å². The second-order valence-electron chi connectivity index (χ2n) is 5.21. The molecular weight excluding hydrogens is 262 g/mol. The second kappa shape index (κ2) is 5.48. The van der Waals surface area contributed by atoms with E-state index in [1.54, 1.807) is 12.1 Å². The van der Waals surface area contributed by atoms with E-state index in [9.17, 15) is 8.42 Å². The molecule has 3 N–H and O–H groups in total. The van der Waals surface area contributed by atoms with Crippen molar-refractivity contribution in [2.24, 2.45) is 11.7 Å². The molecule has 0 bridgehead atoms. The van der Waals surface area contributed by atoms with Crippen LogP contribution in [0.25, 0.3) is 0 Å². The summed E-state index contributed by atoms with van der Waals surface area (Å²) in [6, 6.07) is 7.13. The number of anilines is 1. The van der Waals surface area contributed by atoms with Crippen LogP contribution < -0.4 is 15.4 Å². The van der Waals surface area contributed by atoms with Gasteiger partial charge in [0.2, 0.25) is 10.0 Å². The maximum atomic E-state index is 11.6. The van der Waals surface area contributed by atoms with Crippen LogP contribution in [0.15, 0.2) is 29.2 Å². The molecule has 0 radical (unpaired) electrons. The maximum absolute atomic E-state index is 11.6. The lowest BCUT2D eigenvalue weighted by Gasteiger charge is -2.36. The van der Waals surface area contributed by atoms with Crippen molar-refractivity contribution in [2.75, 3.05) is 25.0 Å². The summed E-state index contributed by atoms with van der Waals surface area (Å²) in [5.74, 6) is 0.560. The zero-order valence-corrected chi connectivity index (χ0v) is 12.2. The predicted octanol–water partition coefficient (Wildman–Crippen LogP) is 0.768. The number of piperidine rings is 1. The standard InChI is InChI=1S/C13H21N3O2S/c1-10-7-11(14)9-16(8-10)12-3-5-13(6-4-12)19(17,18)15-2/h3-6,10-11,15H,7-9,14H2,1-2H3. The van der Waals surface area contributed by atoms with Gasteiger partial charge in [0.25, 0.3) is 0 Å². The lowest BCUT2D eigenvalue weighted by atomic mass is 9.96. The first-order valence-corrected chi connectivity index (χ1v) is 7.95. The third-order valence-electron chi connectivity index (χ3n) is 3.47. The van der Waals surface area contributed by atoms with Crippen LogP contribution >= 0.6 is 0 Å². The minimum Gasteiger partial charge on any atom is -0.370 e. The Bertz CT molecular complexity index is 517. The highest BCUT2D eigenvalue weighted by atomic mass is 32.2. The number of hydrogen-bond donors (Lipinski definition) is 2. The van der Waals surface area contributed by atoms with Crippen molar-refractivity contribution < 1.29 is 8.42 Å². The molecule has 5 nitrogen and oxygen atoms in total. The fraction of sp³-hybridized carbons (Fsp3) is 0.538. The molecule has 1 aliphatic heterocycles. The normalized spacial score (nSPS) is 24.5. The zero-order valence-electron chi connectivity index (χ0n) is 11.3. The Morgan fingerprint density at radius 1 is 1.26 bits per heavy atom. The van der Waals surface area contributed by atoms with E-state index >= 15 is 0 Å². The summed E-state index contributed by atoms with van der Waals surface area (Å²) in [6.07, 6.45) is 1.04. The molecule has 19 heavy (non-hydrogen) atoms. The van der Waals surface area contributed by atoms with Crippen molar-refractivity contribution in [1.82, 2.24) is 4.72 Å². The number of nitrogens with one attached hydrogen (secondary N) is 1. The topological polar surface area (TPSA) is 75.4 Å². The van der Waals surface area contributed by atoms with E-state index in [1.165, 1.54) is 7.05 Å². The Balaban J connectivity index is 2.19. The summed E-state index contributed by atoms with van der Waals surface area (Å²) in [6.45, 7) is 3.97. The van der Waals surface area contributed by atoms with Gasteiger partial charge in [-0.2, -0.15) is 0 Å². The highest BCUT2D eigenvalue weighted by Gasteiger charge is 2.22. The quantitative estimate of drug-likeness (QED) is 0.859. The van der Waals surface area contributed by atoms with Crippen LogP contribution in [0.1, 0.15) is 13.3 Å². The first-order valence-electron chi connectivity index (χ1n) is 6.46. The molecule has 2 rings (SSSR count). The summed E-state index contributed by atoms with van der Waals surface area (Å²) in [5.41, 5.74) is 7.05. The van der Waals surface area contributed by atoms with Gasteiger partial charge in [0.15, 0.2) is 0 Å². The van der Waals surface area contributed by atoms with E-state index in [0.717, 1.165) is 25.2 Å².